The molecule has 7 atom stereocenters. The molecule has 0 spiro atoms. The SMILES string of the molecule is O=C(NCc1ccco1)[C@H](Cc1ccccc1)N1C(=O)[C@@H]2[C@H]3C=C[C@@H]([C@@H]4C[C@@H]34)[C@@H]2C1=O. The van der Waals surface area contributed by atoms with Gasteiger partial charge in [-0.05, 0) is 47.8 Å². The monoisotopic (exact) mass is 416 g/mol. The van der Waals surface area contributed by atoms with Crippen LogP contribution in [0.4, 0.5) is 0 Å². The molecule has 2 aromatic rings. The third-order valence-corrected chi connectivity index (χ3v) is 7.60. The molecule has 6 heteroatoms. The molecule has 1 aromatic heterocycles. The van der Waals surface area contributed by atoms with Crippen molar-refractivity contribution in [2.45, 2.75) is 25.4 Å². The maximum atomic E-state index is 13.5. The topological polar surface area (TPSA) is 79.6 Å². The van der Waals surface area contributed by atoms with E-state index in [2.05, 4.69) is 17.5 Å². The highest BCUT2D eigenvalue weighted by atomic mass is 16.3. The summed E-state index contributed by atoms with van der Waals surface area (Å²) in [5.41, 5.74) is 0.917. The molecular weight excluding hydrogens is 392 g/mol. The minimum absolute atomic E-state index is 0.144. The fourth-order valence-electron chi connectivity index (χ4n) is 6.13. The van der Waals surface area contributed by atoms with E-state index < -0.39 is 6.04 Å². The van der Waals surface area contributed by atoms with E-state index in [0.29, 0.717) is 24.0 Å². The number of hydrogen-bond acceptors (Lipinski definition) is 4. The van der Waals surface area contributed by atoms with Crippen LogP contribution in [0.5, 0.6) is 0 Å². The Kier molecular flexibility index (Phi) is 4.16. The number of carbonyl (C=O) groups is 3. The van der Waals surface area contributed by atoms with Crippen molar-refractivity contribution in [2.75, 3.05) is 0 Å². The number of carbonyl (C=O) groups excluding carboxylic acids is 3. The van der Waals surface area contributed by atoms with Gasteiger partial charge in [0.2, 0.25) is 17.7 Å². The van der Waals surface area contributed by atoms with Crippen LogP contribution >= 0.6 is 0 Å². The molecule has 1 aliphatic heterocycles. The highest BCUT2D eigenvalue weighted by Gasteiger charge is 2.67. The summed E-state index contributed by atoms with van der Waals surface area (Å²) in [6.07, 6.45) is 7.27. The van der Waals surface area contributed by atoms with E-state index in [-0.39, 0.29) is 47.9 Å². The first kappa shape index (κ1) is 18.6. The zero-order valence-electron chi connectivity index (χ0n) is 17.0. The molecule has 31 heavy (non-hydrogen) atoms. The van der Waals surface area contributed by atoms with Gasteiger partial charge in [-0.1, -0.05) is 42.5 Å². The van der Waals surface area contributed by atoms with Gasteiger partial charge in [0.05, 0.1) is 24.6 Å². The molecule has 3 fully saturated rings. The summed E-state index contributed by atoms with van der Waals surface area (Å²) in [4.78, 5) is 41.6. The molecule has 7 rings (SSSR count). The van der Waals surface area contributed by atoms with Gasteiger partial charge in [-0.3, -0.25) is 19.3 Å². The van der Waals surface area contributed by atoms with E-state index in [1.54, 1.807) is 18.4 Å². The smallest absolute Gasteiger partial charge is 0.244 e. The van der Waals surface area contributed by atoms with E-state index in [4.69, 9.17) is 4.42 Å². The Morgan fingerprint density at radius 2 is 1.68 bits per heavy atom. The summed E-state index contributed by atoms with van der Waals surface area (Å²) >= 11 is 0. The fourth-order valence-corrected chi connectivity index (χ4v) is 6.13. The zero-order chi connectivity index (χ0) is 21.1. The minimum Gasteiger partial charge on any atom is -0.467 e. The molecule has 6 nitrogen and oxygen atoms in total. The van der Waals surface area contributed by atoms with Crippen LogP contribution in [0, 0.1) is 35.5 Å². The van der Waals surface area contributed by atoms with E-state index in [0.717, 1.165) is 12.0 Å². The van der Waals surface area contributed by atoms with Gasteiger partial charge in [-0.25, -0.2) is 0 Å². The lowest BCUT2D eigenvalue weighted by molar-refractivity contribution is -0.148. The Labute approximate surface area is 180 Å². The van der Waals surface area contributed by atoms with Crippen LogP contribution in [-0.2, 0) is 27.3 Å². The number of imide groups is 1. The predicted octanol–water partition coefficient (Wildman–Crippen LogP) is 2.56. The molecule has 1 saturated heterocycles. The quantitative estimate of drug-likeness (QED) is 0.580. The standard InChI is InChI=1S/C25H24N2O4/c28-23(26-13-15-7-4-10-31-15)20(11-14-5-2-1-3-6-14)27-24(29)21-16-8-9-17(19-12-18(16)19)22(21)25(27)30/h1-10,16-22H,11-13H2,(H,26,28)/t16-,17-,18-,19-,20-,21-,22+/m0/s1. The van der Waals surface area contributed by atoms with Crippen molar-refractivity contribution in [3.63, 3.8) is 0 Å². The van der Waals surface area contributed by atoms with Gasteiger partial charge < -0.3 is 9.73 Å². The number of hydrogen-bond donors (Lipinski definition) is 1. The second kappa shape index (κ2) is 6.94. The second-order valence-corrected chi connectivity index (χ2v) is 9.20. The van der Waals surface area contributed by atoms with Gasteiger partial charge in [0, 0.05) is 6.42 Å². The molecule has 4 aliphatic carbocycles. The first-order valence-electron chi connectivity index (χ1n) is 11.0. The normalized spacial score (nSPS) is 33.2. The van der Waals surface area contributed by atoms with Crippen LogP contribution in [0.2, 0.25) is 0 Å². The number of amides is 3. The number of allylic oxidation sites excluding steroid dienone is 2. The van der Waals surface area contributed by atoms with Crippen LogP contribution in [0.15, 0.2) is 65.3 Å². The van der Waals surface area contributed by atoms with E-state index >= 15 is 0 Å². The van der Waals surface area contributed by atoms with Gasteiger partial charge in [0.25, 0.3) is 0 Å². The molecule has 1 N–H and O–H groups in total. The van der Waals surface area contributed by atoms with Crippen molar-refractivity contribution in [1.29, 1.82) is 0 Å². The molecule has 2 bridgehead atoms. The van der Waals surface area contributed by atoms with Crippen molar-refractivity contribution < 1.29 is 18.8 Å². The number of rotatable bonds is 6. The zero-order valence-corrected chi connectivity index (χ0v) is 17.0. The summed E-state index contributed by atoms with van der Waals surface area (Å²) in [6.45, 7) is 0.219. The van der Waals surface area contributed by atoms with Gasteiger partial charge in [0.1, 0.15) is 11.8 Å². The molecule has 1 aromatic carbocycles. The van der Waals surface area contributed by atoms with Crippen LogP contribution in [0.25, 0.3) is 0 Å². The highest BCUT2D eigenvalue weighted by Crippen LogP contribution is 2.65. The molecule has 2 saturated carbocycles. The highest BCUT2D eigenvalue weighted by molar-refractivity contribution is 6.09. The van der Waals surface area contributed by atoms with Crippen molar-refractivity contribution >= 4 is 17.7 Å². The lowest BCUT2D eigenvalue weighted by Gasteiger charge is -2.37. The molecule has 0 unspecified atom stereocenters. The molecule has 0 radical (unpaired) electrons. The average molecular weight is 416 g/mol. The Bertz CT molecular complexity index is 1020. The Balaban J connectivity index is 1.30. The summed E-state index contributed by atoms with van der Waals surface area (Å²) in [7, 11) is 0. The summed E-state index contributed by atoms with van der Waals surface area (Å²) < 4.78 is 5.31. The largest absolute Gasteiger partial charge is 0.467 e. The van der Waals surface area contributed by atoms with Crippen molar-refractivity contribution in [2.24, 2.45) is 35.5 Å². The van der Waals surface area contributed by atoms with Gasteiger partial charge in [0.15, 0.2) is 0 Å². The lowest BCUT2D eigenvalue weighted by Crippen LogP contribution is -2.51. The maximum absolute atomic E-state index is 13.5. The van der Waals surface area contributed by atoms with Crippen LogP contribution in [0.3, 0.4) is 0 Å². The van der Waals surface area contributed by atoms with E-state index in [9.17, 15) is 14.4 Å². The van der Waals surface area contributed by atoms with Crippen molar-refractivity contribution in [3.05, 3.63) is 72.2 Å². The number of benzene rings is 1. The summed E-state index contributed by atoms with van der Waals surface area (Å²) in [6, 6.07) is 12.2. The fraction of sp³-hybridized carbons (Fsp3) is 0.400. The number of likely N-dealkylation sites (tertiary alicyclic amines) is 1. The lowest BCUT2D eigenvalue weighted by atomic mass is 9.63. The minimum atomic E-state index is -0.862. The van der Waals surface area contributed by atoms with Crippen molar-refractivity contribution in [3.8, 4) is 0 Å². The Hall–Kier alpha value is -3.15. The second-order valence-electron chi connectivity index (χ2n) is 9.20. The average Bonchev–Trinajstić information content (AvgIpc) is 3.38. The van der Waals surface area contributed by atoms with Gasteiger partial charge in [-0.2, -0.15) is 0 Å². The van der Waals surface area contributed by atoms with Crippen LogP contribution < -0.4 is 5.32 Å². The third kappa shape index (κ3) is 2.88. The maximum Gasteiger partial charge on any atom is 0.244 e. The van der Waals surface area contributed by atoms with Gasteiger partial charge >= 0.3 is 0 Å². The van der Waals surface area contributed by atoms with E-state index in [1.807, 2.05) is 30.3 Å². The molecular formula is C25H24N2O4. The Morgan fingerprint density at radius 3 is 2.29 bits per heavy atom. The number of furan rings is 1. The predicted molar refractivity (Wildman–Crippen MR) is 111 cm³/mol. The Morgan fingerprint density at radius 1 is 1.00 bits per heavy atom. The van der Waals surface area contributed by atoms with Crippen LogP contribution in [0.1, 0.15) is 17.7 Å². The molecule has 2 heterocycles. The first-order valence-corrected chi connectivity index (χ1v) is 11.0. The number of nitrogens with zero attached hydrogens (tertiary/aromatic N) is 1. The third-order valence-electron chi connectivity index (χ3n) is 7.60. The first-order chi connectivity index (χ1) is 15.1. The number of nitrogens with one attached hydrogen (secondary N) is 1. The van der Waals surface area contributed by atoms with E-state index in [1.165, 1.54) is 4.90 Å². The van der Waals surface area contributed by atoms with Crippen molar-refractivity contribution in [1.82, 2.24) is 10.2 Å². The molecule has 5 aliphatic rings. The summed E-state index contributed by atoms with van der Waals surface area (Å²) in [5.74, 6) is 0.705. The molecule has 3 amide bonds. The summed E-state index contributed by atoms with van der Waals surface area (Å²) in [5, 5.41) is 2.87. The molecule has 158 valence electrons. The van der Waals surface area contributed by atoms with Crippen LogP contribution in [-0.4, -0.2) is 28.7 Å². The van der Waals surface area contributed by atoms with Gasteiger partial charge in [-0.15, -0.1) is 0 Å².